The predicted octanol–water partition coefficient (Wildman–Crippen LogP) is 1.22. The van der Waals surface area contributed by atoms with Crippen molar-refractivity contribution in [1.82, 2.24) is 4.90 Å². The van der Waals surface area contributed by atoms with Gasteiger partial charge in [-0.25, -0.2) is 4.79 Å². The van der Waals surface area contributed by atoms with Crippen molar-refractivity contribution in [2.45, 2.75) is 13.0 Å². The van der Waals surface area contributed by atoms with E-state index in [4.69, 9.17) is 16.3 Å². The van der Waals surface area contributed by atoms with Gasteiger partial charge in [-0.05, 0) is 18.2 Å². The molecule has 0 radical (unpaired) electrons. The van der Waals surface area contributed by atoms with Crippen molar-refractivity contribution in [3.05, 3.63) is 28.8 Å². The summed E-state index contributed by atoms with van der Waals surface area (Å²) < 4.78 is 5.10. The van der Waals surface area contributed by atoms with Gasteiger partial charge in [0.05, 0.1) is 23.8 Å². The molecule has 0 bridgehead atoms. The van der Waals surface area contributed by atoms with Crippen molar-refractivity contribution in [2.75, 3.05) is 25.1 Å². The average Bonchev–Trinajstić information content (AvgIpc) is 2.48. The maximum Gasteiger partial charge on any atom is 0.328 e. The third-order valence-corrected chi connectivity index (χ3v) is 3.52. The molecule has 1 heterocycles. The Labute approximate surface area is 131 Å². The van der Waals surface area contributed by atoms with Crippen LogP contribution in [0.2, 0.25) is 5.02 Å². The first kappa shape index (κ1) is 16.3. The number of aliphatic carboxylic acids is 1. The summed E-state index contributed by atoms with van der Waals surface area (Å²) >= 11 is 6.04. The summed E-state index contributed by atoms with van der Waals surface area (Å²) in [6.45, 7) is 1.71. The van der Waals surface area contributed by atoms with Gasteiger partial charge in [-0.1, -0.05) is 11.6 Å². The highest BCUT2D eigenvalue weighted by atomic mass is 35.5. The topological polar surface area (TPSA) is 95.9 Å². The van der Waals surface area contributed by atoms with E-state index in [-0.39, 0.29) is 36.3 Å². The maximum absolute atomic E-state index is 12.6. The Balaban J connectivity index is 2.31. The zero-order valence-electron chi connectivity index (χ0n) is 11.8. The standard InChI is InChI=1S/C14H15ClN2O5/c1-8(18)16-9-2-3-11(15)10(6-9)13(19)17-4-5-22-7-12(17)14(20)21/h2-3,6,12H,4-5,7H2,1H3,(H,16,18)(H,20,21). The van der Waals surface area contributed by atoms with Crippen molar-refractivity contribution in [3.8, 4) is 0 Å². The van der Waals surface area contributed by atoms with Crippen LogP contribution >= 0.6 is 11.6 Å². The van der Waals surface area contributed by atoms with Crippen LogP contribution in [0, 0.1) is 0 Å². The molecule has 0 aromatic heterocycles. The molecule has 1 atom stereocenters. The number of hydrogen-bond donors (Lipinski definition) is 2. The number of carbonyl (C=O) groups excluding carboxylic acids is 2. The Hall–Kier alpha value is -2.12. The number of carboxylic acid groups (broad SMARTS) is 1. The van der Waals surface area contributed by atoms with Crippen LogP contribution in [0.15, 0.2) is 18.2 Å². The van der Waals surface area contributed by atoms with Crippen molar-refractivity contribution < 1.29 is 24.2 Å². The number of rotatable bonds is 3. The number of anilines is 1. The molecular formula is C14H15ClN2O5. The molecule has 8 heteroatoms. The molecule has 2 N–H and O–H groups in total. The number of carboxylic acids is 1. The number of amides is 2. The summed E-state index contributed by atoms with van der Waals surface area (Å²) in [5.41, 5.74) is 0.557. The zero-order chi connectivity index (χ0) is 16.3. The third kappa shape index (κ3) is 3.55. The van der Waals surface area contributed by atoms with Gasteiger partial charge in [0.2, 0.25) is 5.91 Å². The normalized spacial score (nSPS) is 17.9. The number of carbonyl (C=O) groups is 3. The van der Waals surface area contributed by atoms with Crippen molar-refractivity contribution >= 4 is 35.1 Å². The minimum absolute atomic E-state index is 0.0654. The lowest BCUT2D eigenvalue weighted by Gasteiger charge is -2.33. The molecule has 0 spiro atoms. The van der Waals surface area contributed by atoms with Gasteiger partial charge in [0, 0.05) is 19.2 Å². The van der Waals surface area contributed by atoms with E-state index in [1.165, 1.54) is 24.0 Å². The Morgan fingerprint density at radius 3 is 2.77 bits per heavy atom. The first-order valence-corrected chi connectivity index (χ1v) is 6.96. The second-order valence-electron chi connectivity index (χ2n) is 4.80. The maximum atomic E-state index is 12.6. The molecule has 1 fully saturated rings. The van der Waals surface area contributed by atoms with Crippen LogP contribution in [0.1, 0.15) is 17.3 Å². The van der Waals surface area contributed by atoms with Crippen LogP contribution in [-0.2, 0) is 14.3 Å². The number of ether oxygens (including phenoxy) is 1. The van der Waals surface area contributed by atoms with Gasteiger partial charge in [0.1, 0.15) is 0 Å². The molecule has 1 unspecified atom stereocenters. The average molecular weight is 327 g/mol. The van der Waals surface area contributed by atoms with Gasteiger partial charge in [-0.2, -0.15) is 0 Å². The van der Waals surface area contributed by atoms with Crippen LogP contribution in [-0.4, -0.2) is 53.6 Å². The lowest BCUT2D eigenvalue weighted by atomic mass is 10.1. The quantitative estimate of drug-likeness (QED) is 0.870. The summed E-state index contributed by atoms with van der Waals surface area (Å²) in [6, 6.07) is 3.42. The number of hydrogen-bond acceptors (Lipinski definition) is 4. The SMILES string of the molecule is CC(=O)Nc1ccc(Cl)c(C(=O)N2CCOCC2C(=O)O)c1. The fourth-order valence-corrected chi connectivity index (χ4v) is 2.37. The zero-order valence-corrected chi connectivity index (χ0v) is 12.6. The second-order valence-corrected chi connectivity index (χ2v) is 5.21. The van der Waals surface area contributed by atoms with Gasteiger partial charge < -0.3 is 20.1 Å². The molecule has 2 amide bonds. The summed E-state index contributed by atoms with van der Waals surface area (Å²) in [7, 11) is 0. The van der Waals surface area contributed by atoms with E-state index in [0.717, 1.165) is 0 Å². The summed E-state index contributed by atoms with van der Waals surface area (Å²) in [5.74, 6) is -1.93. The first-order chi connectivity index (χ1) is 10.4. The Morgan fingerprint density at radius 1 is 1.41 bits per heavy atom. The molecule has 1 aliphatic rings. The Morgan fingerprint density at radius 2 is 2.14 bits per heavy atom. The molecule has 1 aromatic rings. The van der Waals surface area contributed by atoms with Crippen LogP contribution in [0.4, 0.5) is 5.69 Å². The highest BCUT2D eigenvalue weighted by molar-refractivity contribution is 6.34. The predicted molar refractivity (Wildman–Crippen MR) is 79.0 cm³/mol. The summed E-state index contributed by atoms with van der Waals surface area (Å²) in [5, 5.41) is 11.9. The van der Waals surface area contributed by atoms with Gasteiger partial charge >= 0.3 is 5.97 Å². The first-order valence-electron chi connectivity index (χ1n) is 6.59. The van der Waals surface area contributed by atoms with E-state index < -0.39 is 17.9 Å². The van der Waals surface area contributed by atoms with E-state index in [1.807, 2.05) is 0 Å². The number of morpholine rings is 1. The lowest BCUT2D eigenvalue weighted by molar-refractivity contribution is -0.147. The van der Waals surface area contributed by atoms with Gasteiger partial charge in [0.15, 0.2) is 6.04 Å². The largest absolute Gasteiger partial charge is 0.480 e. The Bertz CT molecular complexity index is 619. The van der Waals surface area contributed by atoms with Gasteiger partial charge in [0.25, 0.3) is 5.91 Å². The van der Waals surface area contributed by atoms with Crippen molar-refractivity contribution in [3.63, 3.8) is 0 Å². The third-order valence-electron chi connectivity index (χ3n) is 3.19. The van der Waals surface area contributed by atoms with Gasteiger partial charge in [-0.3, -0.25) is 9.59 Å². The second kappa shape index (κ2) is 6.76. The number of benzene rings is 1. The molecule has 22 heavy (non-hydrogen) atoms. The smallest absolute Gasteiger partial charge is 0.328 e. The minimum Gasteiger partial charge on any atom is -0.480 e. The van der Waals surface area contributed by atoms with E-state index in [0.29, 0.717) is 5.69 Å². The summed E-state index contributed by atoms with van der Waals surface area (Å²) in [6.07, 6.45) is 0. The fourth-order valence-electron chi connectivity index (χ4n) is 2.18. The molecule has 1 aliphatic heterocycles. The fraction of sp³-hybridized carbons (Fsp3) is 0.357. The van der Waals surface area contributed by atoms with E-state index in [9.17, 15) is 19.5 Å². The molecule has 1 aromatic carbocycles. The number of halogens is 1. The number of nitrogens with zero attached hydrogens (tertiary/aromatic N) is 1. The van der Waals surface area contributed by atoms with Crippen molar-refractivity contribution in [1.29, 1.82) is 0 Å². The van der Waals surface area contributed by atoms with Crippen LogP contribution in [0.25, 0.3) is 0 Å². The molecule has 0 aliphatic carbocycles. The van der Waals surface area contributed by atoms with Gasteiger partial charge in [-0.15, -0.1) is 0 Å². The number of nitrogens with one attached hydrogen (secondary N) is 1. The van der Waals surface area contributed by atoms with E-state index in [1.54, 1.807) is 6.07 Å². The Kier molecular flexibility index (Phi) is 4.99. The molecule has 0 saturated carbocycles. The van der Waals surface area contributed by atoms with Crippen LogP contribution < -0.4 is 5.32 Å². The lowest BCUT2D eigenvalue weighted by Crippen LogP contribution is -2.52. The molecular weight excluding hydrogens is 312 g/mol. The monoisotopic (exact) mass is 326 g/mol. The highest BCUT2D eigenvalue weighted by Crippen LogP contribution is 2.24. The molecule has 2 rings (SSSR count). The minimum atomic E-state index is -1.14. The molecule has 118 valence electrons. The molecule has 1 saturated heterocycles. The van der Waals surface area contributed by atoms with E-state index >= 15 is 0 Å². The van der Waals surface area contributed by atoms with Crippen LogP contribution in [0.5, 0.6) is 0 Å². The molecule has 7 nitrogen and oxygen atoms in total. The highest BCUT2D eigenvalue weighted by Gasteiger charge is 2.34. The van der Waals surface area contributed by atoms with Crippen LogP contribution in [0.3, 0.4) is 0 Å². The van der Waals surface area contributed by atoms with Crippen molar-refractivity contribution in [2.24, 2.45) is 0 Å². The van der Waals surface area contributed by atoms with E-state index in [2.05, 4.69) is 5.32 Å². The summed E-state index contributed by atoms with van der Waals surface area (Å²) in [4.78, 5) is 36.1.